The summed E-state index contributed by atoms with van der Waals surface area (Å²) in [7, 11) is 1.69. The summed E-state index contributed by atoms with van der Waals surface area (Å²) in [4.78, 5) is 4.57. The average Bonchev–Trinajstić information content (AvgIpc) is 2.56. The zero-order chi connectivity index (χ0) is 13.8. The van der Waals surface area contributed by atoms with E-state index in [2.05, 4.69) is 34.6 Å². The van der Waals surface area contributed by atoms with Gasteiger partial charge < -0.3 is 10.1 Å². The van der Waals surface area contributed by atoms with Crippen LogP contribution in [0.3, 0.4) is 0 Å². The minimum atomic E-state index is 0.592. The van der Waals surface area contributed by atoms with Crippen LogP contribution in [0, 0.1) is 0 Å². The van der Waals surface area contributed by atoms with Gasteiger partial charge in [0.15, 0.2) is 0 Å². The van der Waals surface area contributed by atoms with Crippen LogP contribution in [0.4, 0.5) is 0 Å². The number of aromatic nitrogens is 1. The molecule has 0 saturated carbocycles. The molecule has 20 heavy (non-hydrogen) atoms. The number of nitrogens with zero attached hydrogens (tertiary/aromatic N) is 1. The SMILES string of the molecule is COc1ccc(-c2ccnc(C3CCNCC3)c2)cc1. The smallest absolute Gasteiger partial charge is 0.118 e. The molecule has 2 aromatic rings. The second-order valence-electron chi connectivity index (χ2n) is 5.22. The molecule has 0 aliphatic carbocycles. The van der Waals surface area contributed by atoms with Crippen LogP contribution < -0.4 is 10.1 Å². The summed E-state index contributed by atoms with van der Waals surface area (Å²) in [5.41, 5.74) is 3.67. The molecule has 3 heteroatoms. The number of piperidine rings is 1. The Labute approximate surface area is 120 Å². The molecule has 0 amide bonds. The van der Waals surface area contributed by atoms with Gasteiger partial charge in [-0.25, -0.2) is 0 Å². The van der Waals surface area contributed by atoms with E-state index in [1.54, 1.807) is 7.11 Å². The molecule has 0 unspecified atom stereocenters. The number of hydrogen-bond acceptors (Lipinski definition) is 3. The molecule has 0 atom stereocenters. The van der Waals surface area contributed by atoms with Crippen molar-refractivity contribution >= 4 is 0 Å². The third-order valence-corrected chi connectivity index (χ3v) is 3.96. The predicted octanol–water partition coefficient (Wildman–Crippen LogP) is 3.22. The Morgan fingerprint density at radius 3 is 2.50 bits per heavy atom. The normalized spacial score (nSPS) is 16.1. The van der Waals surface area contributed by atoms with Crippen molar-refractivity contribution in [2.45, 2.75) is 18.8 Å². The molecule has 0 radical (unpaired) electrons. The number of methoxy groups -OCH3 is 1. The van der Waals surface area contributed by atoms with Gasteiger partial charge in [-0.2, -0.15) is 0 Å². The van der Waals surface area contributed by atoms with Gasteiger partial charge in [-0.15, -0.1) is 0 Å². The van der Waals surface area contributed by atoms with Gasteiger partial charge in [-0.05, 0) is 61.3 Å². The minimum Gasteiger partial charge on any atom is -0.497 e. The Kier molecular flexibility index (Phi) is 3.97. The standard InChI is InChI=1S/C17H20N2O/c1-20-16-4-2-13(3-5-16)15-8-11-19-17(12-15)14-6-9-18-10-7-14/h2-5,8,11-12,14,18H,6-7,9-10H2,1H3. The largest absolute Gasteiger partial charge is 0.497 e. The van der Waals surface area contributed by atoms with E-state index in [4.69, 9.17) is 4.74 Å². The lowest BCUT2D eigenvalue weighted by Gasteiger charge is -2.22. The molecule has 0 spiro atoms. The summed E-state index contributed by atoms with van der Waals surface area (Å²) < 4.78 is 5.20. The highest BCUT2D eigenvalue weighted by molar-refractivity contribution is 5.64. The Morgan fingerprint density at radius 1 is 1.05 bits per heavy atom. The van der Waals surface area contributed by atoms with Crippen molar-refractivity contribution in [3.63, 3.8) is 0 Å². The first kappa shape index (κ1) is 13.1. The van der Waals surface area contributed by atoms with E-state index in [0.29, 0.717) is 5.92 Å². The number of rotatable bonds is 3. The highest BCUT2D eigenvalue weighted by Crippen LogP contribution is 2.28. The van der Waals surface area contributed by atoms with E-state index in [1.165, 1.54) is 29.7 Å². The fraction of sp³-hybridized carbons (Fsp3) is 0.353. The van der Waals surface area contributed by atoms with E-state index < -0.39 is 0 Å². The number of nitrogens with one attached hydrogen (secondary N) is 1. The first-order valence-electron chi connectivity index (χ1n) is 7.18. The molecule has 1 fully saturated rings. The van der Waals surface area contributed by atoms with E-state index in [1.807, 2.05) is 18.3 Å². The maximum Gasteiger partial charge on any atom is 0.118 e. The third kappa shape index (κ3) is 2.83. The monoisotopic (exact) mass is 268 g/mol. The molecule has 0 bridgehead atoms. The van der Waals surface area contributed by atoms with Crippen LogP contribution in [0.15, 0.2) is 42.6 Å². The molecule has 2 heterocycles. The Balaban J connectivity index is 1.85. The van der Waals surface area contributed by atoms with Crippen molar-refractivity contribution in [2.75, 3.05) is 20.2 Å². The Morgan fingerprint density at radius 2 is 1.80 bits per heavy atom. The molecular formula is C17H20N2O. The summed E-state index contributed by atoms with van der Waals surface area (Å²) in [6.07, 6.45) is 4.29. The molecular weight excluding hydrogens is 248 g/mol. The zero-order valence-electron chi connectivity index (χ0n) is 11.8. The van der Waals surface area contributed by atoms with Gasteiger partial charge in [0.05, 0.1) is 7.11 Å². The number of hydrogen-bond donors (Lipinski definition) is 1. The van der Waals surface area contributed by atoms with E-state index in [9.17, 15) is 0 Å². The zero-order valence-corrected chi connectivity index (χ0v) is 11.8. The van der Waals surface area contributed by atoms with Crippen LogP contribution in [0.1, 0.15) is 24.5 Å². The highest BCUT2D eigenvalue weighted by Gasteiger charge is 2.16. The van der Waals surface area contributed by atoms with Gasteiger partial charge in [0, 0.05) is 17.8 Å². The van der Waals surface area contributed by atoms with E-state index in [0.717, 1.165) is 18.8 Å². The average molecular weight is 268 g/mol. The number of pyridine rings is 1. The molecule has 1 saturated heterocycles. The van der Waals surface area contributed by atoms with Gasteiger partial charge in [0.1, 0.15) is 5.75 Å². The van der Waals surface area contributed by atoms with Gasteiger partial charge in [0.2, 0.25) is 0 Å². The summed E-state index contributed by atoms with van der Waals surface area (Å²) >= 11 is 0. The van der Waals surface area contributed by atoms with Crippen LogP contribution in [-0.4, -0.2) is 25.2 Å². The van der Waals surface area contributed by atoms with E-state index >= 15 is 0 Å². The molecule has 104 valence electrons. The summed E-state index contributed by atoms with van der Waals surface area (Å²) in [5.74, 6) is 1.48. The fourth-order valence-corrected chi connectivity index (χ4v) is 2.75. The van der Waals surface area contributed by atoms with Gasteiger partial charge in [-0.3, -0.25) is 4.98 Å². The van der Waals surface area contributed by atoms with Crippen LogP contribution >= 0.6 is 0 Å². The van der Waals surface area contributed by atoms with Crippen LogP contribution in [0.25, 0.3) is 11.1 Å². The minimum absolute atomic E-state index is 0.592. The molecule has 3 rings (SSSR count). The van der Waals surface area contributed by atoms with Crippen molar-refractivity contribution in [1.29, 1.82) is 0 Å². The van der Waals surface area contributed by atoms with E-state index in [-0.39, 0.29) is 0 Å². The fourth-order valence-electron chi connectivity index (χ4n) is 2.75. The van der Waals surface area contributed by atoms with Gasteiger partial charge in [0.25, 0.3) is 0 Å². The van der Waals surface area contributed by atoms with Crippen LogP contribution in [0.5, 0.6) is 5.75 Å². The molecule has 3 nitrogen and oxygen atoms in total. The maximum atomic E-state index is 5.20. The summed E-state index contributed by atoms with van der Waals surface area (Å²) in [6.45, 7) is 2.19. The Bertz CT molecular complexity index is 559. The maximum absolute atomic E-state index is 5.20. The van der Waals surface area contributed by atoms with Crippen molar-refractivity contribution in [3.8, 4) is 16.9 Å². The lowest BCUT2D eigenvalue weighted by atomic mass is 9.92. The second-order valence-corrected chi connectivity index (χ2v) is 5.22. The third-order valence-electron chi connectivity index (χ3n) is 3.96. The quantitative estimate of drug-likeness (QED) is 0.928. The molecule has 1 N–H and O–H groups in total. The van der Waals surface area contributed by atoms with Crippen molar-refractivity contribution in [2.24, 2.45) is 0 Å². The van der Waals surface area contributed by atoms with Crippen molar-refractivity contribution in [3.05, 3.63) is 48.3 Å². The molecule has 1 aromatic heterocycles. The lowest BCUT2D eigenvalue weighted by molar-refractivity contribution is 0.415. The second kappa shape index (κ2) is 6.06. The first-order chi connectivity index (χ1) is 9.86. The summed E-state index contributed by atoms with van der Waals surface area (Å²) in [6, 6.07) is 12.5. The van der Waals surface area contributed by atoms with Crippen molar-refractivity contribution in [1.82, 2.24) is 10.3 Å². The predicted molar refractivity (Wildman–Crippen MR) is 81.1 cm³/mol. The number of benzene rings is 1. The summed E-state index contributed by atoms with van der Waals surface area (Å²) in [5, 5.41) is 3.40. The first-order valence-corrected chi connectivity index (χ1v) is 7.18. The highest BCUT2D eigenvalue weighted by atomic mass is 16.5. The van der Waals surface area contributed by atoms with Crippen molar-refractivity contribution < 1.29 is 4.74 Å². The van der Waals surface area contributed by atoms with Gasteiger partial charge in [-0.1, -0.05) is 12.1 Å². The van der Waals surface area contributed by atoms with Crippen LogP contribution in [-0.2, 0) is 0 Å². The van der Waals surface area contributed by atoms with Gasteiger partial charge >= 0.3 is 0 Å². The molecule has 1 aromatic carbocycles. The number of ether oxygens (including phenoxy) is 1. The molecule has 1 aliphatic heterocycles. The lowest BCUT2D eigenvalue weighted by Crippen LogP contribution is -2.27. The van der Waals surface area contributed by atoms with Crippen LogP contribution in [0.2, 0.25) is 0 Å². The topological polar surface area (TPSA) is 34.1 Å². The Hall–Kier alpha value is -1.87. The molecule has 1 aliphatic rings.